The minimum absolute atomic E-state index is 0.365. The van der Waals surface area contributed by atoms with Gasteiger partial charge in [-0.15, -0.1) is 0 Å². The Balaban J connectivity index is 2.58. The summed E-state index contributed by atoms with van der Waals surface area (Å²) in [7, 11) is 1.33. The minimum atomic E-state index is -0.441. The van der Waals surface area contributed by atoms with E-state index in [0.717, 1.165) is 5.56 Å². The largest absolute Gasteiger partial charge is 0.488 e. The summed E-state index contributed by atoms with van der Waals surface area (Å²) >= 11 is 5.89. The van der Waals surface area contributed by atoms with E-state index >= 15 is 0 Å². The van der Waals surface area contributed by atoms with Crippen molar-refractivity contribution in [2.24, 2.45) is 0 Å². The van der Waals surface area contributed by atoms with Crippen molar-refractivity contribution >= 4 is 23.6 Å². The molecule has 3 nitrogen and oxygen atoms in total. The second-order valence-electron chi connectivity index (χ2n) is 3.08. The van der Waals surface area contributed by atoms with Gasteiger partial charge < -0.3 is 9.47 Å². The molecule has 15 heavy (non-hydrogen) atoms. The molecule has 0 radical (unpaired) electrons. The number of halogens is 1. The fourth-order valence-electron chi connectivity index (χ4n) is 1.47. The van der Waals surface area contributed by atoms with Gasteiger partial charge in [0.05, 0.1) is 7.11 Å². The summed E-state index contributed by atoms with van der Waals surface area (Å²) in [6.07, 6.45) is 3.73. The van der Waals surface area contributed by atoms with Crippen LogP contribution in [0.4, 0.5) is 0 Å². The van der Waals surface area contributed by atoms with Crippen LogP contribution in [0.3, 0.4) is 0 Å². The molecule has 0 spiro atoms. The first-order valence-corrected chi connectivity index (χ1v) is 4.81. The Morgan fingerprint density at radius 1 is 1.53 bits per heavy atom. The molecule has 1 aliphatic heterocycles. The van der Waals surface area contributed by atoms with Crippen LogP contribution in [0.5, 0.6) is 5.75 Å². The predicted molar refractivity (Wildman–Crippen MR) is 57.3 cm³/mol. The molecular formula is C11H9ClO3. The Morgan fingerprint density at radius 3 is 3.07 bits per heavy atom. The first-order chi connectivity index (χ1) is 7.22. The Morgan fingerprint density at radius 2 is 2.33 bits per heavy atom. The molecule has 1 aliphatic rings. The number of hydrogen-bond acceptors (Lipinski definition) is 3. The fraction of sp³-hybridized carbons (Fsp3) is 0.182. The molecule has 1 aromatic rings. The average molecular weight is 225 g/mol. The van der Waals surface area contributed by atoms with Crippen molar-refractivity contribution in [2.75, 3.05) is 13.7 Å². The lowest BCUT2D eigenvalue weighted by atomic mass is 10.1. The maximum absolute atomic E-state index is 11.5. The van der Waals surface area contributed by atoms with E-state index in [4.69, 9.17) is 16.3 Å². The van der Waals surface area contributed by atoms with E-state index in [0.29, 0.717) is 22.9 Å². The third-order valence-electron chi connectivity index (χ3n) is 2.11. The van der Waals surface area contributed by atoms with E-state index in [1.54, 1.807) is 12.1 Å². The van der Waals surface area contributed by atoms with Crippen LogP contribution < -0.4 is 4.74 Å². The number of hydrogen-bond donors (Lipinski definition) is 0. The fourth-order valence-corrected chi connectivity index (χ4v) is 1.69. The molecule has 0 unspecified atom stereocenters. The van der Waals surface area contributed by atoms with Crippen LogP contribution in [0.15, 0.2) is 18.2 Å². The molecule has 0 atom stereocenters. The molecule has 4 heteroatoms. The van der Waals surface area contributed by atoms with Crippen molar-refractivity contribution in [3.05, 3.63) is 34.4 Å². The Labute approximate surface area is 92.3 Å². The van der Waals surface area contributed by atoms with Crippen molar-refractivity contribution < 1.29 is 14.3 Å². The highest BCUT2D eigenvalue weighted by atomic mass is 35.5. The maximum atomic E-state index is 11.5. The predicted octanol–water partition coefficient (Wildman–Crippen LogP) is 2.53. The Kier molecular flexibility index (Phi) is 2.64. The zero-order valence-corrected chi connectivity index (χ0v) is 8.88. The number of benzene rings is 1. The van der Waals surface area contributed by atoms with Gasteiger partial charge in [-0.3, -0.25) is 0 Å². The van der Waals surface area contributed by atoms with Gasteiger partial charge in [-0.1, -0.05) is 17.7 Å². The third-order valence-corrected chi connectivity index (χ3v) is 2.33. The normalized spacial score (nSPS) is 12.9. The number of methoxy groups -OCH3 is 1. The Hall–Kier alpha value is -1.48. The number of ether oxygens (including phenoxy) is 2. The topological polar surface area (TPSA) is 35.5 Å². The van der Waals surface area contributed by atoms with Crippen LogP contribution in [0.25, 0.3) is 6.08 Å². The number of carbonyl (C=O) groups excluding carboxylic acids is 1. The zero-order chi connectivity index (χ0) is 10.8. The van der Waals surface area contributed by atoms with Gasteiger partial charge in [-0.2, -0.15) is 0 Å². The zero-order valence-electron chi connectivity index (χ0n) is 8.12. The van der Waals surface area contributed by atoms with Crippen LogP contribution in [-0.2, 0) is 4.74 Å². The lowest BCUT2D eigenvalue weighted by Crippen LogP contribution is -2.09. The molecule has 0 fully saturated rings. The standard InChI is InChI=1S/C11H9ClO3/c1-14-11(13)9-6-8(12)5-7-3-2-4-15-10(7)9/h2-3,5-6H,4H2,1H3. The Bertz CT molecular complexity index is 438. The monoisotopic (exact) mass is 224 g/mol. The van der Waals surface area contributed by atoms with Crippen molar-refractivity contribution in [1.29, 1.82) is 0 Å². The van der Waals surface area contributed by atoms with E-state index in [1.165, 1.54) is 7.11 Å². The molecule has 0 saturated heterocycles. The van der Waals surface area contributed by atoms with Crippen LogP contribution >= 0.6 is 11.6 Å². The van der Waals surface area contributed by atoms with Gasteiger partial charge >= 0.3 is 5.97 Å². The van der Waals surface area contributed by atoms with E-state index in [-0.39, 0.29) is 0 Å². The summed E-state index contributed by atoms with van der Waals surface area (Å²) in [6.45, 7) is 0.457. The van der Waals surface area contributed by atoms with Crippen molar-refractivity contribution in [1.82, 2.24) is 0 Å². The van der Waals surface area contributed by atoms with Crippen molar-refractivity contribution in [3.63, 3.8) is 0 Å². The van der Waals surface area contributed by atoms with Gasteiger partial charge in [-0.25, -0.2) is 4.79 Å². The van der Waals surface area contributed by atoms with E-state index in [9.17, 15) is 4.79 Å². The van der Waals surface area contributed by atoms with Crippen molar-refractivity contribution in [3.8, 4) is 5.75 Å². The van der Waals surface area contributed by atoms with E-state index in [1.807, 2.05) is 12.2 Å². The van der Waals surface area contributed by atoms with Gasteiger partial charge in [-0.05, 0) is 18.2 Å². The molecular weight excluding hydrogens is 216 g/mol. The summed E-state index contributed by atoms with van der Waals surface area (Å²) in [4.78, 5) is 11.5. The van der Waals surface area contributed by atoms with Gasteiger partial charge in [0, 0.05) is 10.6 Å². The highest BCUT2D eigenvalue weighted by Crippen LogP contribution is 2.31. The number of rotatable bonds is 1. The highest BCUT2D eigenvalue weighted by molar-refractivity contribution is 6.31. The van der Waals surface area contributed by atoms with Crippen LogP contribution in [0, 0.1) is 0 Å². The molecule has 1 heterocycles. The number of esters is 1. The van der Waals surface area contributed by atoms with Gasteiger partial charge in [0.2, 0.25) is 0 Å². The lowest BCUT2D eigenvalue weighted by molar-refractivity contribution is 0.0596. The molecule has 0 amide bonds. The van der Waals surface area contributed by atoms with Crippen molar-refractivity contribution in [2.45, 2.75) is 0 Å². The van der Waals surface area contributed by atoms with E-state index < -0.39 is 5.97 Å². The summed E-state index contributed by atoms with van der Waals surface area (Å²) in [5, 5.41) is 0.490. The van der Waals surface area contributed by atoms with Crippen LogP contribution in [-0.4, -0.2) is 19.7 Å². The molecule has 0 aromatic heterocycles. The minimum Gasteiger partial charge on any atom is -0.488 e. The maximum Gasteiger partial charge on any atom is 0.341 e. The van der Waals surface area contributed by atoms with Gasteiger partial charge in [0.15, 0.2) is 0 Å². The first kappa shape index (κ1) is 10.1. The first-order valence-electron chi connectivity index (χ1n) is 4.43. The second kappa shape index (κ2) is 3.95. The molecule has 0 bridgehead atoms. The highest BCUT2D eigenvalue weighted by Gasteiger charge is 2.18. The SMILES string of the molecule is COC(=O)c1cc(Cl)cc2c1OCC=C2. The molecule has 78 valence electrons. The average Bonchev–Trinajstić information content (AvgIpc) is 2.26. The lowest BCUT2D eigenvalue weighted by Gasteiger charge is -2.15. The second-order valence-corrected chi connectivity index (χ2v) is 3.51. The summed E-state index contributed by atoms with van der Waals surface area (Å²) < 4.78 is 10.0. The van der Waals surface area contributed by atoms with E-state index in [2.05, 4.69) is 4.74 Å². The molecule has 0 N–H and O–H groups in total. The third kappa shape index (κ3) is 1.83. The molecule has 0 aliphatic carbocycles. The molecule has 2 rings (SSSR count). The van der Waals surface area contributed by atoms with Gasteiger partial charge in [0.1, 0.15) is 17.9 Å². The molecule has 0 saturated carbocycles. The quantitative estimate of drug-likeness (QED) is 0.688. The summed E-state index contributed by atoms with van der Waals surface area (Å²) in [6, 6.07) is 3.30. The molecule has 1 aromatic carbocycles. The number of fused-ring (bicyclic) bond motifs is 1. The van der Waals surface area contributed by atoms with Gasteiger partial charge in [0.25, 0.3) is 0 Å². The smallest absolute Gasteiger partial charge is 0.341 e. The van der Waals surface area contributed by atoms with Crippen LogP contribution in [0.2, 0.25) is 5.02 Å². The summed E-state index contributed by atoms with van der Waals surface area (Å²) in [5.74, 6) is 0.0952. The number of carbonyl (C=O) groups is 1. The summed E-state index contributed by atoms with van der Waals surface area (Å²) in [5.41, 5.74) is 1.17. The van der Waals surface area contributed by atoms with Crippen LogP contribution in [0.1, 0.15) is 15.9 Å².